The third kappa shape index (κ3) is 2.76. The fraction of sp³-hybridized carbons (Fsp3) is 0.167. The molecule has 0 aliphatic carbocycles. The van der Waals surface area contributed by atoms with Crippen molar-refractivity contribution in [3.8, 4) is 5.82 Å². The number of hydrogen-bond donors (Lipinski definition) is 2. The van der Waals surface area contributed by atoms with Gasteiger partial charge < -0.3 is 10.4 Å². The molecule has 2 aromatic rings. The summed E-state index contributed by atoms with van der Waals surface area (Å²) < 4.78 is 1.49. The first kappa shape index (κ1) is 12.7. The van der Waals surface area contributed by atoms with Crippen LogP contribution in [0.4, 0.5) is 5.69 Å². The maximum absolute atomic E-state index is 11.7. The van der Waals surface area contributed by atoms with E-state index < -0.39 is 17.8 Å². The minimum absolute atomic E-state index is 0.407. The first-order valence-corrected chi connectivity index (χ1v) is 5.58. The Morgan fingerprint density at radius 1 is 1.37 bits per heavy atom. The van der Waals surface area contributed by atoms with Crippen LogP contribution in [0, 0.1) is 5.92 Å². The minimum atomic E-state index is -1.18. The molecule has 1 atom stereocenters. The van der Waals surface area contributed by atoms with Gasteiger partial charge in [-0.3, -0.25) is 9.59 Å². The fourth-order valence-corrected chi connectivity index (χ4v) is 1.42. The molecule has 1 unspecified atom stereocenters. The predicted molar refractivity (Wildman–Crippen MR) is 66.8 cm³/mol. The van der Waals surface area contributed by atoms with Gasteiger partial charge in [0.2, 0.25) is 5.91 Å². The molecule has 2 heterocycles. The van der Waals surface area contributed by atoms with E-state index in [1.54, 1.807) is 36.8 Å². The highest BCUT2D eigenvalue weighted by Crippen LogP contribution is 2.17. The van der Waals surface area contributed by atoms with Crippen molar-refractivity contribution in [2.24, 2.45) is 5.92 Å². The third-order valence-electron chi connectivity index (χ3n) is 2.53. The van der Waals surface area contributed by atoms with E-state index in [2.05, 4.69) is 15.4 Å². The molecule has 98 valence electrons. The monoisotopic (exact) mass is 260 g/mol. The zero-order valence-electron chi connectivity index (χ0n) is 10.1. The maximum atomic E-state index is 11.7. The maximum Gasteiger partial charge on any atom is 0.315 e. The van der Waals surface area contributed by atoms with Gasteiger partial charge in [0.1, 0.15) is 5.92 Å². The highest BCUT2D eigenvalue weighted by Gasteiger charge is 2.21. The smallest absolute Gasteiger partial charge is 0.315 e. The highest BCUT2D eigenvalue weighted by atomic mass is 16.4. The van der Waals surface area contributed by atoms with Crippen molar-refractivity contribution in [2.45, 2.75) is 6.92 Å². The Morgan fingerprint density at radius 3 is 2.79 bits per heavy atom. The summed E-state index contributed by atoms with van der Waals surface area (Å²) in [5.74, 6) is -2.49. The van der Waals surface area contributed by atoms with Gasteiger partial charge in [0.05, 0.1) is 5.69 Å². The fourth-order valence-electron chi connectivity index (χ4n) is 1.42. The largest absolute Gasteiger partial charge is 0.481 e. The summed E-state index contributed by atoms with van der Waals surface area (Å²) in [6, 6.07) is 5.00. The lowest BCUT2D eigenvalue weighted by Gasteiger charge is -2.11. The molecule has 7 nitrogen and oxygen atoms in total. The lowest BCUT2D eigenvalue weighted by molar-refractivity contribution is -0.144. The summed E-state index contributed by atoms with van der Waals surface area (Å²) in [5.41, 5.74) is 0.407. The van der Waals surface area contributed by atoms with Gasteiger partial charge in [0.25, 0.3) is 0 Å². The summed E-state index contributed by atoms with van der Waals surface area (Å²) in [6.07, 6.45) is 4.83. The van der Waals surface area contributed by atoms with Gasteiger partial charge >= 0.3 is 5.97 Å². The van der Waals surface area contributed by atoms with Crippen molar-refractivity contribution in [2.75, 3.05) is 5.32 Å². The topological polar surface area (TPSA) is 97.1 Å². The molecule has 0 spiro atoms. The summed E-state index contributed by atoms with van der Waals surface area (Å²) >= 11 is 0. The first-order valence-electron chi connectivity index (χ1n) is 5.58. The number of aliphatic carboxylic acids is 1. The average molecular weight is 260 g/mol. The molecule has 19 heavy (non-hydrogen) atoms. The molecule has 2 rings (SSSR count). The molecule has 0 aliphatic heterocycles. The zero-order valence-corrected chi connectivity index (χ0v) is 10.1. The number of rotatable bonds is 4. The first-order chi connectivity index (χ1) is 9.09. The molecule has 2 N–H and O–H groups in total. The lowest BCUT2D eigenvalue weighted by atomic mass is 10.1. The number of nitrogens with one attached hydrogen (secondary N) is 1. The molecule has 0 saturated heterocycles. The number of carboxylic acids is 1. The third-order valence-corrected chi connectivity index (χ3v) is 2.53. The predicted octanol–water partition coefficient (Wildman–Crippen LogP) is 0.926. The van der Waals surface area contributed by atoms with Crippen LogP contribution in [0.2, 0.25) is 0 Å². The summed E-state index contributed by atoms with van der Waals surface area (Å²) in [7, 11) is 0. The Bertz CT molecular complexity index is 595. The van der Waals surface area contributed by atoms with Crippen LogP contribution in [-0.4, -0.2) is 31.7 Å². The quantitative estimate of drug-likeness (QED) is 0.797. The van der Waals surface area contributed by atoms with E-state index in [1.807, 2.05) is 0 Å². The number of anilines is 1. The second kappa shape index (κ2) is 5.30. The van der Waals surface area contributed by atoms with Gasteiger partial charge in [0, 0.05) is 18.6 Å². The van der Waals surface area contributed by atoms with Crippen molar-refractivity contribution in [1.29, 1.82) is 0 Å². The van der Waals surface area contributed by atoms with E-state index in [0.29, 0.717) is 11.5 Å². The standard InChI is InChI=1S/C12H12N4O3/c1-8(12(18)19)11(17)15-9-4-2-5-13-10(9)16-7-3-6-14-16/h2-8H,1H3,(H,15,17)(H,18,19). The number of amides is 1. The van der Waals surface area contributed by atoms with E-state index in [4.69, 9.17) is 5.11 Å². The van der Waals surface area contributed by atoms with Gasteiger partial charge in [-0.25, -0.2) is 9.67 Å². The van der Waals surface area contributed by atoms with Crippen LogP contribution in [0.25, 0.3) is 5.82 Å². The number of carbonyl (C=O) groups is 2. The molecule has 0 saturated carbocycles. The van der Waals surface area contributed by atoms with Crippen molar-refractivity contribution < 1.29 is 14.7 Å². The van der Waals surface area contributed by atoms with E-state index in [1.165, 1.54) is 11.6 Å². The number of carbonyl (C=O) groups excluding carboxylic acids is 1. The van der Waals surface area contributed by atoms with Crippen LogP contribution in [-0.2, 0) is 9.59 Å². The molecule has 1 amide bonds. The SMILES string of the molecule is CC(C(=O)O)C(=O)Nc1cccnc1-n1cccn1. The molecule has 0 bridgehead atoms. The highest BCUT2D eigenvalue weighted by molar-refractivity contribution is 6.04. The number of pyridine rings is 1. The zero-order chi connectivity index (χ0) is 13.8. The number of nitrogens with zero attached hydrogens (tertiary/aromatic N) is 3. The van der Waals surface area contributed by atoms with Crippen LogP contribution >= 0.6 is 0 Å². The van der Waals surface area contributed by atoms with Gasteiger partial charge in [-0.15, -0.1) is 0 Å². The summed E-state index contributed by atoms with van der Waals surface area (Å²) in [6.45, 7) is 1.32. The van der Waals surface area contributed by atoms with Crippen molar-refractivity contribution >= 4 is 17.6 Å². The van der Waals surface area contributed by atoms with Gasteiger partial charge in [-0.2, -0.15) is 5.10 Å². The van der Waals surface area contributed by atoms with Crippen LogP contribution in [0.1, 0.15) is 6.92 Å². The summed E-state index contributed by atoms with van der Waals surface area (Å²) in [4.78, 5) is 26.6. The van der Waals surface area contributed by atoms with Crippen LogP contribution in [0.3, 0.4) is 0 Å². The molecule has 0 radical (unpaired) electrons. The number of carboxylic acid groups (broad SMARTS) is 1. The molecular formula is C12H12N4O3. The number of hydrogen-bond acceptors (Lipinski definition) is 4. The summed E-state index contributed by atoms with van der Waals surface area (Å²) in [5, 5.41) is 15.3. The molecular weight excluding hydrogens is 248 g/mol. The van der Waals surface area contributed by atoms with Crippen molar-refractivity contribution in [3.63, 3.8) is 0 Å². The molecule has 2 aromatic heterocycles. The van der Waals surface area contributed by atoms with E-state index >= 15 is 0 Å². The van der Waals surface area contributed by atoms with Crippen molar-refractivity contribution in [3.05, 3.63) is 36.8 Å². The molecule has 0 aliphatic rings. The van der Waals surface area contributed by atoms with Crippen molar-refractivity contribution in [1.82, 2.24) is 14.8 Å². The van der Waals surface area contributed by atoms with Gasteiger partial charge in [0.15, 0.2) is 5.82 Å². The normalized spacial score (nSPS) is 11.8. The van der Waals surface area contributed by atoms with Gasteiger partial charge in [-0.05, 0) is 25.1 Å². The number of aromatic nitrogens is 3. The van der Waals surface area contributed by atoms with Crippen LogP contribution < -0.4 is 5.32 Å². The van der Waals surface area contributed by atoms with Gasteiger partial charge in [-0.1, -0.05) is 0 Å². The van der Waals surface area contributed by atoms with E-state index in [0.717, 1.165) is 0 Å². The second-order valence-corrected chi connectivity index (χ2v) is 3.87. The average Bonchev–Trinajstić information content (AvgIpc) is 2.92. The Morgan fingerprint density at radius 2 is 2.16 bits per heavy atom. The van der Waals surface area contributed by atoms with E-state index in [-0.39, 0.29) is 0 Å². The van der Waals surface area contributed by atoms with Crippen LogP contribution in [0.5, 0.6) is 0 Å². The Kier molecular flexibility index (Phi) is 3.56. The Balaban J connectivity index is 2.27. The van der Waals surface area contributed by atoms with E-state index in [9.17, 15) is 9.59 Å². The lowest BCUT2D eigenvalue weighted by Crippen LogP contribution is -2.27. The van der Waals surface area contributed by atoms with Crippen LogP contribution in [0.15, 0.2) is 36.8 Å². The minimum Gasteiger partial charge on any atom is -0.481 e. The molecule has 0 aromatic carbocycles. The Labute approximate surface area is 108 Å². The second-order valence-electron chi connectivity index (χ2n) is 3.87. The molecule has 7 heteroatoms. The molecule has 0 fully saturated rings. The Hall–Kier alpha value is -2.70.